The molecule has 0 aromatic carbocycles. The second kappa shape index (κ2) is 7.36. The molecule has 110 valence electrons. The number of nitrogens with one attached hydrogen (secondary N) is 1. The van der Waals surface area contributed by atoms with Crippen LogP contribution in [0, 0.1) is 0 Å². The minimum absolute atomic E-state index is 0.195. The molecule has 20 heavy (non-hydrogen) atoms. The van der Waals surface area contributed by atoms with Gasteiger partial charge in [0.2, 0.25) is 0 Å². The minimum atomic E-state index is -2.90. The highest BCUT2D eigenvalue weighted by Crippen LogP contribution is 2.24. The maximum absolute atomic E-state index is 11.5. The summed E-state index contributed by atoms with van der Waals surface area (Å²) in [6.07, 6.45) is 0.907. The standard InChI is InChI=1S/C14H19NO2S3/c1-2-20(16,17)10-7-15-13(14-6-4-9-19-14)11-12-5-3-8-18-12/h3-6,8-9,13,15H,2,7,10-11H2,1H3. The Balaban J connectivity index is 1.97. The fourth-order valence-electron chi connectivity index (χ4n) is 1.93. The summed E-state index contributed by atoms with van der Waals surface area (Å²) in [7, 11) is -2.90. The maximum Gasteiger partial charge on any atom is 0.151 e. The lowest BCUT2D eigenvalue weighted by molar-refractivity contribution is 0.551. The van der Waals surface area contributed by atoms with Crippen molar-refractivity contribution in [3.05, 3.63) is 44.8 Å². The molecule has 0 saturated heterocycles. The zero-order chi connectivity index (χ0) is 14.4. The van der Waals surface area contributed by atoms with E-state index in [2.05, 4.69) is 28.2 Å². The minimum Gasteiger partial charge on any atom is -0.308 e. The molecule has 0 radical (unpaired) electrons. The average Bonchev–Trinajstić information content (AvgIpc) is 3.10. The van der Waals surface area contributed by atoms with Crippen LogP contribution in [0.15, 0.2) is 35.0 Å². The van der Waals surface area contributed by atoms with E-state index >= 15 is 0 Å². The van der Waals surface area contributed by atoms with Gasteiger partial charge in [0.25, 0.3) is 0 Å². The molecule has 1 N–H and O–H groups in total. The van der Waals surface area contributed by atoms with Crippen LogP contribution in [-0.4, -0.2) is 26.5 Å². The molecule has 6 heteroatoms. The number of hydrogen-bond acceptors (Lipinski definition) is 5. The lowest BCUT2D eigenvalue weighted by Crippen LogP contribution is -2.28. The van der Waals surface area contributed by atoms with Crippen molar-refractivity contribution in [2.75, 3.05) is 18.1 Å². The van der Waals surface area contributed by atoms with Crippen LogP contribution in [0.4, 0.5) is 0 Å². The van der Waals surface area contributed by atoms with Crippen LogP contribution in [0.2, 0.25) is 0 Å². The molecule has 0 amide bonds. The molecule has 2 rings (SSSR count). The van der Waals surface area contributed by atoms with Crippen LogP contribution in [0.1, 0.15) is 22.7 Å². The number of hydrogen-bond donors (Lipinski definition) is 1. The first kappa shape index (κ1) is 15.7. The maximum atomic E-state index is 11.5. The van der Waals surface area contributed by atoms with Crippen molar-refractivity contribution in [2.24, 2.45) is 0 Å². The van der Waals surface area contributed by atoms with Gasteiger partial charge in [-0.1, -0.05) is 19.1 Å². The summed E-state index contributed by atoms with van der Waals surface area (Å²) in [5, 5.41) is 7.52. The third-order valence-electron chi connectivity index (χ3n) is 3.12. The first-order valence-electron chi connectivity index (χ1n) is 6.60. The Bertz CT molecular complexity index is 588. The van der Waals surface area contributed by atoms with Gasteiger partial charge in [-0.15, -0.1) is 22.7 Å². The topological polar surface area (TPSA) is 46.2 Å². The highest BCUT2D eigenvalue weighted by atomic mass is 32.2. The average molecular weight is 330 g/mol. The highest BCUT2D eigenvalue weighted by Gasteiger charge is 2.15. The van der Waals surface area contributed by atoms with Gasteiger partial charge in [-0.3, -0.25) is 0 Å². The molecule has 0 bridgehead atoms. The first-order chi connectivity index (χ1) is 9.61. The quantitative estimate of drug-likeness (QED) is 0.809. The van der Waals surface area contributed by atoms with Crippen LogP contribution in [0.3, 0.4) is 0 Å². The molecule has 0 saturated carbocycles. The summed E-state index contributed by atoms with van der Waals surface area (Å²) < 4.78 is 23.1. The van der Waals surface area contributed by atoms with Gasteiger partial charge in [0.05, 0.1) is 5.75 Å². The summed E-state index contributed by atoms with van der Waals surface area (Å²) in [5.41, 5.74) is 0. The van der Waals surface area contributed by atoms with Crippen molar-refractivity contribution < 1.29 is 8.42 Å². The molecule has 0 spiro atoms. The van der Waals surface area contributed by atoms with E-state index in [-0.39, 0.29) is 17.5 Å². The normalized spacial score (nSPS) is 13.4. The Morgan fingerprint density at radius 1 is 1.20 bits per heavy atom. The summed E-state index contributed by atoms with van der Waals surface area (Å²) in [5.74, 6) is 0.416. The van der Waals surface area contributed by atoms with Crippen LogP contribution >= 0.6 is 22.7 Å². The highest BCUT2D eigenvalue weighted by molar-refractivity contribution is 7.91. The molecule has 1 atom stereocenters. The van der Waals surface area contributed by atoms with Crippen molar-refractivity contribution in [3.63, 3.8) is 0 Å². The van der Waals surface area contributed by atoms with E-state index in [1.807, 2.05) is 12.1 Å². The molecule has 3 nitrogen and oxygen atoms in total. The smallest absolute Gasteiger partial charge is 0.151 e. The second-order valence-corrected chi connectivity index (χ2v) is 9.03. The zero-order valence-electron chi connectivity index (χ0n) is 11.4. The Labute approximate surface area is 128 Å². The Morgan fingerprint density at radius 3 is 2.55 bits per heavy atom. The van der Waals surface area contributed by atoms with E-state index in [0.29, 0.717) is 6.54 Å². The summed E-state index contributed by atoms with van der Waals surface area (Å²) >= 11 is 3.45. The van der Waals surface area contributed by atoms with Gasteiger partial charge in [0, 0.05) is 34.5 Å². The molecule has 0 aliphatic heterocycles. The van der Waals surface area contributed by atoms with E-state index in [1.54, 1.807) is 29.6 Å². The van der Waals surface area contributed by atoms with Gasteiger partial charge in [-0.2, -0.15) is 0 Å². The molecule has 2 aromatic heterocycles. The molecular formula is C14H19NO2S3. The molecule has 2 heterocycles. The van der Waals surface area contributed by atoms with Gasteiger partial charge >= 0.3 is 0 Å². The molecular weight excluding hydrogens is 310 g/mol. The molecule has 0 aliphatic carbocycles. The van der Waals surface area contributed by atoms with Crippen molar-refractivity contribution in [2.45, 2.75) is 19.4 Å². The van der Waals surface area contributed by atoms with Gasteiger partial charge in [0.15, 0.2) is 9.84 Å². The van der Waals surface area contributed by atoms with E-state index in [1.165, 1.54) is 9.75 Å². The van der Waals surface area contributed by atoms with Crippen molar-refractivity contribution in [1.82, 2.24) is 5.32 Å². The number of thiophene rings is 2. The second-order valence-electron chi connectivity index (χ2n) is 4.54. The van der Waals surface area contributed by atoms with Crippen LogP contribution in [0.25, 0.3) is 0 Å². The Kier molecular flexibility index (Phi) is 5.77. The fraction of sp³-hybridized carbons (Fsp3) is 0.429. The van der Waals surface area contributed by atoms with Gasteiger partial charge < -0.3 is 5.32 Å². The van der Waals surface area contributed by atoms with E-state index in [0.717, 1.165) is 6.42 Å². The summed E-state index contributed by atoms with van der Waals surface area (Å²) in [6, 6.07) is 8.50. The van der Waals surface area contributed by atoms with Crippen LogP contribution in [0.5, 0.6) is 0 Å². The third-order valence-corrected chi connectivity index (χ3v) is 6.71. The zero-order valence-corrected chi connectivity index (χ0v) is 13.9. The van der Waals surface area contributed by atoms with Crippen molar-refractivity contribution >= 4 is 32.5 Å². The predicted octanol–water partition coefficient (Wildman–Crippen LogP) is 3.12. The number of rotatable bonds is 8. The molecule has 0 fully saturated rings. The van der Waals surface area contributed by atoms with Gasteiger partial charge in [0.1, 0.15) is 0 Å². The van der Waals surface area contributed by atoms with Gasteiger partial charge in [-0.25, -0.2) is 8.42 Å². The Hall–Kier alpha value is -0.690. The van der Waals surface area contributed by atoms with Gasteiger partial charge in [-0.05, 0) is 22.9 Å². The van der Waals surface area contributed by atoms with Crippen LogP contribution < -0.4 is 5.32 Å². The summed E-state index contributed by atoms with van der Waals surface area (Å²) in [6.45, 7) is 2.20. The molecule has 0 aliphatic rings. The fourth-order valence-corrected chi connectivity index (χ4v) is 4.20. The van der Waals surface area contributed by atoms with E-state index in [4.69, 9.17) is 0 Å². The molecule has 2 aromatic rings. The van der Waals surface area contributed by atoms with Crippen LogP contribution in [-0.2, 0) is 16.3 Å². The van der Waals surface area contributed by atoms with E-state index in [9.17, 15) is 8.42 Å². The Morgan fingerprint density at radius 2 is 1.95 bits per heavy atom. The van der Waals surface area contributed by atoms with E-state index < -0.39 is 9.84 Å². The SMILES string of the molecule is CCS(=O)(=O)CCNC(Cc1cccs1)c1cccs1. The predicted molar refractivity (Wildman–Crippen MR) is 87.4 cm³/mol. The monoisotopic (exact) mass is 329 g/mol. The van der Waals surface area contributed by atoms with Crippen molar-refractivity contribution in [3.8, 4) is 0 Å². The molecule has 1 unspecified atom stereocenters. The lowest BCUT2D eigenvalue weighted by atomic mass is 10.1. The first-order valence-corrected chi connectivity index (χ1v) is 10.2. The summed E-state index contributed by atoms with van der Waals surface area (Å²) in [4.78, 5) is 2.57. The third kappa shape index (κ3) is 4.70. The van der Waals surface area contributed by atoms with Crippen molar-refractivity contribution in [1.29, 1.82) is 0 Å². The number of sulfone groups is 1. The largest absolute Gasteiger partial charge is 0.308 e. The lowest BCUT2D eigenvalue weighted by Gasteiger charge is -2.16.